The van der Waals surface area contributed by atoms with Gasteiger partial charge in [0.25, 0.3) is 0 Å². The molecular weight excluding hydrogens is 168 g/mol. The smallest absolute Gasteiger partial charge is 0.0434 e. The largest absolute Gasteiger partial charge is 0.412 e. The lowest BCUT2D eigenvalue weighted by Crippen LogP contribution is -1.97. The zero-order valence-electron chi connectivity index (χ0n) is 7.46. The highest BCUT2D eigenvalue weighted by molar-refractivity contribution is 5.55. The van der Waals surface area contributed by atoms with Crippen molar-refractivity contribution in [2.24, 2.45) is 0 Å². The van der Waals surface area contributed by atoms with Crippen molar-refractivity contribution >= 4 is 11.4 Å². The molecule has 1 rings (SSSR count). The van der Waals surface area contributed by atoms with Gasteiger partial charge in [-0.3, -0.25) is 0 Å². The van der Waals surface area contributed by atoms with Crippen molar-refractivity contribution in [2.45, 2.75) is 12.8 Å². The molecule has 0 saturated heterocycles. The lowest BCUT2D eigenvalue weighted by atomic mass is 10.1. The molecule has 13 heavy (non-hydrogen) atoms. The van der Waals surface area contributed by atoms with E-state index in [2.05, 4.69) is 0 Å². The van der Waals surface area contributed by atoms with Crippen LogP contribution < -0.4 is 11.5 Å². The Balaban J connectivity index is 0.00000144. The molecule has 0 heterocycles. The highest BCUT2D eigenvalue weighted by Crippen LogP contribution is 2.16. The van der Waals surface area contributed by atoms with Crippen LogP contribution in [-0.2, 0) is 6.42 Å². The van der Waals surface area contributed by atoms with Gasteiger partial charge in [0.05, 0.1) is 0 Å². The number of nitrogens with two attached hydrogens (primary N) is 2. The summed E-state index contributed by atoms with van der Waals surface area (Å²) in [5, 5.41) is 8.62. The average molecular weight is 184 g/mol. The Morgan fingerprint density at radius 1 is 1.23 bits per heavy atom. The number of nitrogen functional groups attached to an aromatic ring is 2. The molecular formula is C9H16N2O2. The van der Waals surface area contributed by atoms with E-state index in [0.29, 0.717) is 0 Å². The Morgan fingerprint density at radius 2 is 1.92 bits per heavy atom. The predicted octanol–water partition coefficient (Wildman–Crippen LogP) is -0.0488. The van der Waals surface area contributed by atoms with Crippen molar-refractivity contribution in [1.82, 2.24) is 0 Å². The number of benzene rings is 1. The van der Waals surface area contributed by atoms with Gasteiger partial charge in [0.15, 0.2) is 0 Å². The van der Waals surface area contributed by atoms with Gasteiger partial charge < -0.3 is 22.1 Å². The molecule has 0 spiro atoms. The van der Waals surface area contributed by atoms with Crippen molar-refractivity contribution in [1.29, 1.82) is 0 Å². The fraction of sp³-hybridized carbons (Fsp3) is 0.333. The van der Waals surface area contributed by atoms with Gasteiger partial charge in [0, 0.05) is 18.0 Å². The van der Waals surface area contributed by atoms with Crippen molar-refractivity contribution in [3.05, 3.63) is 23.8 Å². The molecule has 0 aliphatic carbocycles. The molecule has 1 aromatic carbocycles. The molecule has 0 aliphatic rings. The van der Waals surface area contributed by atoms with E-state index in [-0.39, 0.29) is 12.1 Å². The summed E-state index contributed by atoms with van der Waals surface area (Å²) in [6, 6.07) is 5.42. The third kappa shape index (κ3) is 3.31. The van der Waals surface area contributed by atoms with Crippen LogP contribution in [-0.4, -0.2) is 17.2 Å². The number of aliphatic hydroxyl groups excluding tert-OH is 1. The Labute approximate surface area is 77.5 Å². The molecule has 7 N–H and O–H groups in total. The van der Waals surface area contributed by atoms with Gasteiger partial charge in [-0.05, 0) is 36.6 Å². The minimum atomic E-state index is 0. The van der Waals surface area contributed by atoms with Crippen LogP contribution >= 0.6 is 0 Å². The molecule has 0 unspecified atom stereocenters. The molecule has 74 valence electrons. The zero-order valence-corrected chi connectivity index (χ0v) is 7.46. The minimum Gasteiger partial charge on any atom is -0.412 e. The molecule has 0 atom stereocenters. The molecule has 4 nitrogen and oxygen atoms in total. The Morgan fingerprint density at radius 3 is 2.54 bits per heavy atom. The van der Waals surface area contributed by atoms with Gasteiger partial charge in [-0.25, -0.2) is 0 Å². The predicted molar refractivity (Wildman–Crippen MR) is 54.3 cm³/mol. The van der Waals surface area contributed by atoms with Crippen molar-refractivity contribution < 1.29 is 10.6 Å². The van der Waals surface area contributed by atoms with Crippen LogP contribution in [0.2, 0.25) is 0 Å². The highest BCUT2D eigenvalue weighted by Gasteiger charge is 1.98. The van der Waals surface area contributed by atoms with Crippen LogP contribution in [0.4, 0.5) is 11.4 Å². The van der Waals surface area contributed by atoms with Crippen LogP contribution in [0.25, 0.3) is 0 Å². The first-order valence-corrected chi connectivity index (χ1v) is 3.99. The quantitative estimate of drug-likeness (QED) is 0.574. The number of hydrogen-bond acceptors (Lipinski definition) is 3. The van der Waals surface area contributed by atoms with Crippen LogP contribution in [0, 0.1) is 0 Å². The van der Waals surface area contributed by atoms with Crippen molar-refractivity contribution in [3.63, 3.8) is 0 Å². The van der Waals surface area contributed by atoms with Gasteiger partial charge in [-0.2, -0.15) is 0 Å². The minimum absolute atomic E-state index is 0. The van der Waals surface area contributed by atoms with E-state index in [0.717, 1.165) is 29.8 Å². The van der Waals surface area contributed by atoms with E-state index < -0.39 is 0 Å². The number of hydrogen-bond donors (Lipinski definition) is 3. The summed E-state index contributed by atoms with van der Waals surface area (Å²) in [6.07, 6.45) is 1.51. The summed E-state index contributed by atoms with van der Waals surface area (Å²) in [5.74, 6) is 0. The Hall–Kier alpha value is -1.26. The molecule has 0 saturated carbocycles. The molecule has 0 bridgehead atoms. The average Bonchev–Trinajstić information content (AvgIpc) is 2.07. The molecule has 0 fully saturated rings. The van der Waals surface area contributed by atoms with Gasteiger partial charge in [0.2, 0.25) is 0 Å². The molecule has 0 aromatic heterocycles. The number of anilines is 2. The van der Waals surface area contributed by atoms with Crippen LogP contribution in [0.5, 0.6) is 0 Å². The highest BCUT2D eigenvalue weighted by atomic mass is 16.2. The summed E-state index contributed by atoms with van der Waals surface area (Å²) in [4.78, 5) is 0. The fourth-order valence-electron chi connectivity index (χ4n) is 1.11. The fourth-order valence-corrected chi connectivity index (χ4v) is 1.11. The monoisotopic (exact) mass is 184 g/mol. The van der Waals surface area contributed by atoms with E-state index in [1.807, 2.05) is 6.07 Å². The molecule has 4 heteroatoms. The Kier molecular flexibility index (Phi) is 4.87. The molecule has 0 radical (unpaired) electrons. The number of aliphatic hydroxyl groups is 1. The standard InChI is InChI=1S/C9H14N2O.H2O/c10-8-3-4-9(11)7(6-8)2-1-5-12;/h3-4,6,12H,1-2,5,10-11H2;1H2. The molecule has 1 aromatic rings. The van der Waals surface area contributed by atoms with Gasteiger partial charge in [-0.15, -0.1) is 0 Å². The molecule has 0 amide bonds. The second-order valence-electron chi connectivity index (χ2n) is 2.79. The lowest BCUT2D eigenvalue weighted by Gasteiger charge is -2.04. The first kappa shape index (κ1) is 11.7. The summed E-state index contributed by atoms with van der Waals surface area (Å²) in [7, 11) is 0. The number of aryl methyl sites for hydroxylation is 1. The molecule has 0 aliphatic heterocycles. The SMILES string of the molecule is Nc1ccc(N)c(CCCO)c1.O. The van der Waals surface area contributed by atoms with E-state index in [1.165, 1.54) is 0 Å². The summed E-state index contributed by atoms with van der Waals surface area (Å²) < 4.78 is 0. The van der Waals surface area contributed by atoms with Crippen molar-refractivity contribution in [3.8, 4) is 0 Å². The third-order valence-electron chi connectivity index (χ3n) is 1.77. The third-order valence-corrected chi connectivity index (χ3v) is 1.77. The van der Waals surface area contributed by atoms with Crippen LogP contribution in [0.3, 0.4) is 0 Å². The first-order chi connectivity index (χ1) is 5.74. The Bertz CT molecular complexity index is 264. The van der Waals surface area contributed by atoms with Crippen LogP contribution in [0.1, 0.15) is 12.0 Å². The first-order valence-electron chi connectivity index (χ1n) is 3.99. The van der Waals surface area contributed by atoms with E-state index in [4.69, 9.17) is 16.6 Å². The topological polar surface area (TPSA) is 104 Å². The number of rotatable bonds is 3. The second-order valence-corrected chi connectivity index (χ2v) is 2.79. The van der Waals surface area contributed by atoms with E-state index in [1.54, 1.807) is 12.1 Å². The summed E-state index contributed by atoms with van der Waals surface area (Å²) >= 11 is 0. The summed E-state index contributed by atoms with van der Waals surface area (Å²) in [6.45, 7) is 0.189. The maximum Gasteiger partial charge on any atom is 0.0434 e. The van der Waals surface area contributed by atoms with Crippen molar-refractivity contribution in [2.75, 3.05) is 18.1 Å². The van der Waals surface area contributed by atoms with Gasteiger partial charge in [0.1, 0.15) is 0 Å². The normalized spacial score (nSPS) is 9.31. The maximum absolute atomic E-state index is 8.62. The summed E-state index contributed by atoms with van der Waals surface area (Å²) in [5.41, 5.74) is 13.8. The van der Waals surface area contributed by atoms with E-state index >= 15 is 0 Å². The van der Waals surface area contributed by atoms with E-state index in [9.17, 15) is 0 Å². The maximum atomic E-state index is 8.62. The van der Waals surface area contributed by atoms with Crippen LogP contribution in [0.15, 0.2) is 18.2 Å². The van der Waals surface area contributed by atoms with Gasteiger partial charge in [-0.1, -0.05) is 0 Å². The second kappa shape index (κ2) is 5.40. The lowest BCUT2D eigenvalue weighted by molar-refractivity contribution is 0.288. The van der Waals surface area contributed by atoms with Gasteiger partial charge >= 0.3 is 0 Å². The zero-order chi connectivity index (χ0) is 8.97.